The molecular weight excluding hydrogens is 199 g/mol. The van der Waals surface area contributed by atoms with Gasteiger partial charge in [-0.2, -0.15) is 0 Å². The van der Waals surface area contributed by atoms with Crippen molar-refractivity contribution >= 4 is 0 Å². The zero-order chi connectivity index (χ0) is 5.66. The largest absolute Gasteiger partial charge is 0.0845 e. The third-order valence-electron chi connectivity index (χ3n) is 1.37. The Labute approximate surface area is 69.8 Å². The maximum absolute atomic E-state index is 2.23. The Morgan fingerprint density at radius 1 is 0.778 bits per heavy atom. The van der Waals surface area contributed by atoms with Crippen molar-refractivity contribution in [2.45, 2.75) is 25.7 Å². The van der Waals surface area contributed by atoms with E-state index in [0.29, 0.717) is 0 Å². The molecule has 0 fully saturated rings. The van der Waals surface area contributed by atoms with Crippen LogP contribution in [0.15, 0.2) is 24.3 Å². The fourth-order valence-electron chi connectivity index (χ4n) is 0.874. The van der Waals surface area contributed by atoms with Crippen molar-refractivity contribution in [3.63, 3.8) is 0 Å². The first-order valence-electron chi connectivity index (χ1n) is 3.32. The van der Waals surface area contributed by atoms with Gasteiger partial charge < -0.3 is 0 Å². The maximum atomic E-state index is 2.23. The summed E-state index contributed by atoms with van der Waals surface area (Å²) in [5.41, 5.74) is 0. The van der Waals surface area contributed by atoms with Crippen LogP contribution < -0.4 is 0 Å². The zero-order valence-electron chi connectivity index (χ0n) is 5.47. The first kappa shape index (κ1) is 9.10. The molecule has 0 aromatic rings. The molecule has 0 aliphatic heterocycles. The Kier molecular flexibility index (Phi) is 6.30. The van der Waals surface area contributed by atoms with Crippen LogP contribution in [-0.2, 0) is 19.5 Å². The van der Waals surface area contributed by atoms with Crippen molar-refractivity contribution in [2.75, 3.05) is 0 Å². The van der Waals surface area contributed by atoms with E-state index >= 15 is 0 Å². The summed E-state index contributed by atoms with van der Waals surface area (Å²) in [5, 5.41) is 0. The van der Waals surface area contributed by atoms with Crippen LogP contribution in [0.5, 0.6) is 0 Å². The SMILES string of the molecule is C1=C\CCCC\C=C/1.[Rh]. The summed E-state index contributed by atoms with van der Waals surface area (Å²) >= 11 is 0. The van der Waals surface area contributed by atoms with Crippen LogP contribution in [0.1, 0.15) is 25.7 Å². The standard InChI is InChI=1S/C8H12.Rh/c1-2-4-6-8-7-5-3-1;/h1-4H,5-8H2;/b3-1-,4-2-;. The fraction of sp³-hybridized carbons (Fsp3) is 0.500. The van der Waals surface area contributed by atoms with Gasteiger partial charge in [0.1, 0.15) is 0 Å². The Hall–Kier alpha value is 0.103. The molecule has 0 N–H and O–H groups in total. The fourth-order valence-corrected chi connectivity index (χ4v) is 0.874. The molecule has 0 heterocycles. The van der Waals surface area contributed by atoms with Crippen LogP contribution in [0.4, 0.5) is 0 Å². The monoisotopic (exact) mass is 211 g/mol. The summed E-state index contributed by atoms with van der Waals surface area (Å²) < 4.78 is 0. The van der Waals surface area contributed by atoms with E-state index in [1.807, 2.05) is 0 Å². The predicted molar refractivity (Wildman–Crippen MR) is 36.7 cm³/mol. The van der Waals surface area contributed by atoms with Gasteiger partial charge in [-0.25, -0.2) is 0 Å². The van der Waals surface area contributed by atoms with Crippen molar-refractivity contribution in [3.05, 3.63) is 24.3 Å². The molecule has 1 aliphatic carbocycles. The van der Waals surface area contributed by atoms with E-state index in [-0.39, 0.29) is 19.5 Å². The summed E-state index contributed by atoms with van der Waals surface area (Å²) in [7, 11) is 0. The van der Waals surface area contributed by atoms with Gasteiger partial charge in [0.05, 0.1) is 0 Å². The van der Waals surface area contributed by atoms with Gasteiger partial charge in [0.25, 0.3) is 0 Å². The Morgan fingerprint density at radius 3 is 1.67 bits per heavy atom. The molecule has 53 valence electrons. The molecule has 0 saturated carbocycles. The number of allylic oxidation sites excluding steroid dienone is 4. The van der Waals surface area contributed by atoms with Crippen LogP contribution >= 0.6 is 0 Å². The van der Waals surface area contributed by atoms with E-state index in [2.05, 4.69) is 24.3 Å². The first-order chi connectivity index (χ1) is 4.00. The first-order valence-corrected chi connectivity index (χ1v) is 3.32. The minimum atomic E-state index is 0. The maximum Gasteiger partial charge on any atom is 0 e. The number of hydrogen-bond donors (Lipinski definition) is 0. The summed E-state index contributed by atoms with van der Waals surface area (Å²) in [6.45, 7) is 0. The molecule has 0 aromatic carbocycles. The van der Waals surface area contributed by atoms with Crippen LogP contribution in [0.25, 0.3) is 0 Å². The van der Waals surface area contributed by atoms with Crippen molar-refractivity contribution in [2.24, 2.45) is 0 Å². The second kappa shape index (κ2) is 6.23. The molecule has 1 aliphatic rings. The molecule has 1 radical (unpaired) electrons. The van der Waals surface area contributed by atoms with Gasteiger partial charge in [-0.05, 0) is 25.7 Å². The average molecular weight is 211 g/mol. The van der Waals surface area contributed by atoms with Crippen LogP contribution in [-0.4, -0.2) is 0 Å². The zero-order valence-corrected chi connectivity index (χ0v) is 7.11. The van der Waals surface area contributed by atoms with E-state index < -0.39 is 0 Å². The van der Waals surface area contributed by atoms with Crippen molar-refractivity contribution in [1.82, 2.24) is 0 Å². The Bertz CT molecular complexity index is 89.1. The Morgan fingerprint density at radius 2 is 1.22 bits per heavy atom. The molecule has 0 unspecified atom stereocenters. The summed E-state index contributed by atoms with van der Waals surface area (Å²) in [4.78, 5) is 0. The second-order valence-electron chi connectivity index (χ2n) is 2.14. The third kappa shape index (κ3) is 4.60. The van der Waals surface area contributed by atoms with E-state index in [1.54, 1.807) is 0 Å². The molecule has 0 nitrogen and oxygen atoms in total. The normalized spacial score (nSPS) is 24.9. The second-order valence-corrected chi connectivity index (χ2v) is 2.14. The third-order valence-corrected chi connectivity index (χ3v) is 1.37. The molecule has 0 aromatic heterocycles. The van der Waals surface area contributed by atoms with Crippen LogP contribution in [0, 0.1) is 0 Å². The molecule has 0 amide bonds. The van der Waals surface area contributed by atoms with Crippen molar-refractivity contribution < 1.29 is 19.5 Å². The molecule has 0 atom stereocenters. The Balaban J connectivity index is 0.000000640. The quantitative estimate of drug-likeness (QED) is 0.540. The van der Waals surface area contributed by atoms with E-state index in [0.717, 1.165) is 0 Å². The topological polar surface area (TPSA) is 0 Å². The summed E-state index contributed by atoms with van der Waals surface area (Å²) in [6.07, 6.45) is 14.0. The molecule has 1 heteroatoms. The number of hydrogen-bond acceptors (Lipinski definition) is 0. The van der Waals surface area contributed by atoms with Gasteiger partial charge in [-0.3, -0.25) is 0 Å². The molecular formula is C8H12Rh. The van der Waals surface area contributed by atoms with Gasteiger partial charge in [0, 0.05) is 19.5 Å². The van der Waals surface area contributed by atoms with Gasteiger partial charge in [-0.15, -0.1) is 0 Å². The van der Waals surface area contributed by atoms with Crippen molar-refractivity contribution in [3.8, 4) is 0 Å². The minimum Gasteiger partial charge on any atom is -0.0845 e. The molecule has 0 spiro atoms. The van der Waals surface area contributed by atoms with E-state index in [9.17, 15) is 0 Å². The van der Waals surface area contributed by atoms with Crippen molar-refractivity contribution in [1.29, 1.82) is 0 Å². The van der Waals surface area contributed by atoms with E-state index in [4.69, 9.17) is 0 Å². The van der Waals surface area contributed by atoms with Gasteiger partial charge >= 0.3 is 0 Å². The average Bonchev–Trinajstić information content (AvgIpc) is 1.62. The molecule has 1 rings (SSSR count). The molecule has 9 heavy (non-hydrogen) atoms. The van der Waals surface area contributed by atoms with Gasteiger partial charge in [0.15, 0.2) is 0 Å². The van der Waals surface area contributed by atoms with Gasteiger partial charge in [-0.1, -0.05) is 24.3 Å². The predicted octanol–water partition coefficient (Wildman–Crippen LogP) is 2.67. The molecule has 0 saturated heterocycles. The van der Waals surface area contributed by atoms with E-state index in [1.165, 1.54) is 25.7 Å². The molecule has 0 bridgehead atoms. The smallest absolute Gasteiger partial charge is 0 e. The minimum absolute atomic E-state index is 0. The number of rotatable bonds is 0. The van der Waals surface area contributed by atoms with Crippen LogP contribution in [0.2, 0.25) is 0 Å². The van der Waals surface area contributed by atoms with Gasteiger partial charge in [0.2, 0.25) is 0 Å². The summed E-state index contributed by atoms with van der Waals surface area (Å²) in [5.74, 6) is 0. The van der Waals surface area contributed by atoms with Crippen LogP contribution in [0.3, 0.4) is 0 Å². The summed E-state index contributed by atoms with van der Waals surface area (Å²) in [6, 6.07) is 0.